The molecule has 0 heterocycles. The van der Waals surface area contributed by atoms with Crippen molar-refractivity contribution in [1.29, 1.82) is 0 Å². The van der Waals surface area contributed by atoms with Gasteiger partial charge in [0.2, 0.25) is 0 Å². The molecule has 0 aliphatic heterocycles. The Bertz CT molecular complexity index is 304. The fourth-order valence-corrected chi connectivity index (χ4v) is 1.38. The first-order valence-electron chi connectivity index (χ1n) is 4.11. The minimum atomic E-state index is -0.389. The molecule has 0 saturated carbocycles. The second-order valence-electron chi connectivity index (χ2n) is 3.91. The lowest BCUT2D eigenvalue weighted by Gasteiger charge is -2.18. The molecule has 1 aromatic carbocycles. The third kappa shape index (κ3) is 3.33. The van der Waals surface area contributed by atoms with Crippen molar-refractivity contribution in [3.63, 3.8) is 0 Å². The Labute approximate surface area is 82.7 Å². The first-order valence-corrected chi connectivity index (χ1v) is 4.49. The van der Waals surface area contributed by atoms with Crippen LogP contribution in [-0.4, -0.2) is 5.54 Å². The summed E-state index contributed by atoms with van der Waals surface area (Å²) in [5, 5.41) is 0.154. The molecule has 0 radical (unpaired) electrons. The van der Waals surface area contributed by atoms with Crippen LogP contribution in [0.2, 0.25) is 5.02 Å². The molecule has 72 valence electrons. The Morgan fingerprint density at radius 3 is 2.54 bits per heavy atom. The second kappa shape index (κ2) is 3.64. The van der Waals surface area contributed by atoms with E-state index in [9.17, 15) is 4.39 Å². The maximum Gasteiger partial charge on any atom is 0.141 e. The Morgan fingerprint density at radius 2 is 2.08 bits per heavy atom. The molecule has 2 N–H and O–H groups in total. The summed E-state index contributed by atoms with van der Waals surface area (Å²) in [4.78, 5) is 0. The van der Waals surface area contributed by atoms with Crippen LogP contribution in [0.3, 0.4) is 0 Å². The molecule has 0 aliphatic carbocycles. The maximum atomic E-state index is 12.8. The Kier molecular flexibility index (Phi) is 2.94. The van der Waals surface area contributed by atoms with Crippen molar-refractivity contribution in [3.8, 4) is 0 Å². The van der Waals surface area contributed by atoms with E-state index in [1.807, 2.05) is 13.8 Å². The summed E-state index contributed by atoms with van der Waals surface area (Å²) in [5.41, 5.74) is 6.49. The van der Waals surface area contributed by atoms with Crippen molar-refractivity contribution in [2.75, 3.05) is 0 Å². The third-order valence-electron chi connectivity index (χ3n) is 1.64. The van der Waals surface area contributed by atoms with Crippen molar-refractivity contribution in [1.82, 2.24) is 0 Å². The molecule has 0 spiro atoms. The van der Waals surface area contributed by atoms with Crippen LogP contribution in [0.15, 0.2) is 18.2 Å². The zero-order chi connectivity index (χ0) is 10.1. The monoisotopic (exact) mass is 201 g/mol. The molecule has 0 unspecified atom stereocenters. The lowest BCUT2D eigenvalue weighted by Crippen LogP contribution is -2.34. The molecule has 0 saturated heterocycles. The molecule has 0 aliphatic rings. The zero-order valence-electron chi connectivity index (χ0n) is 7.77. The predicted molar refractivity (Wildman–Crippen MR) is 53.4 cm³/mol. The summed E-state index contributed by atoms with van der Waals surface area (Å²) in [5.74, 6) is -0.389. The summed E-state index contributed by atoms with van der Waals surface area (Å²) < 4.78 is 12.8. The minimum Gasteiger partial charge on any atom is -0.325 e. The Balaban J connectivity index is 2.86. The highest BCUT2D eigenvalue weighted by Crippen LogP contribution is 2.18. The summed E-state index contributed by atoms with van der Waals surface area (Å²) in [6.07, 6.45) is 0.688. The van der Waals surface area contributed by atoms with Crippen LogP contribution in [0.25, 0.3) is 0 Å². The summed E-state index contributed by atoms with van der Waals surface area (Å²) >= 11 is 5.63. The molecule has 0 aromatic heterocycles. The third-order valence-corrected chi connectivity index (χ3v) is 1.93. The molecule has 1 nitrogen and oxygen atoms in total. The van der Waals surface area contributed by atoms with Crippen molar-refractivity contribution in [3.05, 3.63) is 34.6 Å². The zero-order valence-corrected chi connectivity index (χ0v) is 8.53. The highest BCUT2D eigenvalue weighted by Gasteiger charge is 2.12. The smallest absolute Gasteiger partial charge is 0.141 e. The molecule has 0 amide bonds. The van der Waals surface area contributed by atoms with E-state index >= 15 is 0 Å². The van der Waals surface area contributed by atoms with E-state index < -0.39 is 0 Å². The van der Waals surface area contributed by atoms with Crippen molar-refractivity contribution in [2.45, 2.75) is 25.8 Å². The summed E-state index contributed by atoms with van der Waals surface area (Å²) in [7, 11) is 0. The van der Waals surface area contributed by atoms with Crippen LogP contribution < -0.4 is 5.73 Å². The van der Waals surface area contributed by atoms with E-state index in [2.05, 4.69) is 0 Å². The maximum absolute atomic E-state index is 12.8. The van der Waals surface area contributed by atoms with Crippen LogP contribution in [0.4, 0.5) is 4.39 Å². The van der Waals surface area contributed by atoms with Gasteiger partial charge in [-0.05, 0) is 38.0 Å². The van der Waals surface area contributed by atoms with E-state index in [1.165, 1.54) is 6.07 Å². The van der Waals surface area contributed by atoms with E-state index in [4.69, 9.17) is 17.3 Å². The van der Waals surface area contributed by atoms with E-state index in [1.54, 1.807) is 12.1 Å². The van der Waals surface area contributed by atoms with E-state index in [0.29, 0.717) is 6.42 Å². The number of benzene rings is 1. The highest BCUT2D eigenvalue weighted by molar-refractivity contribution is 6.30. The van der Waals surface area contributed by atoms with E-state index in [-0.39, 0.29) is 16.4 Å². The number of hydrogen-bond acceptors (Lipinski definition) is 1. The first-order chi connectivity index (χ1) is 5.88. The van der Waals surface area contributed by atoms with Gasteiger partial charge in [0.05, 0.1) is 5.02 Å². The second-order valence-corrected chi connectivity index (χ2v) is 4.32. The van der Waals surface area contributed by atoms with Gasteiger partial charge in [0.1, 0.15) is 5.82 Å². The van der Waals surface area contributed by atoms with Gasteiger partial charge in [0.15, 0.2) is 0 Å². The lowest BCUT2D eigenvalue weighted by molar-refractivity contribution is 0.516. The largest absolute Gasteiger partial charge is 0.325 e. The SMILES string of the molecule is CC(C)(N)Cc1ccc(F)c(Cl)c1. The van der Waals surface area contributed by atoms with Gasteiger partial charge in [-0.25, -0.2) is 4.39 Å². The van der Waals surface area contributed by atoms with E-state index in [0.717, 1.165) is 5.56 Å². The van der Waals surface area contributed by atoms with Crippen molar-refractivity contribution < 1.29 is 4.39 Å². The molecular formula is C10H13ClFN. The Hall–Kier alpha value is -0.600. The predicted octanol–water partition coefficient (Wildman–Crippen LogP) is 2.76. The van der Waals surface area contributed by atoms with Gasteiger partial charge in [0, 0.05) is 5.54 Å². The molecule has 13 heavy (non-hydrogen) atoms. The Morgan fingerprint density at radius 1 is 1.46 bits per heavy atom. The summed E-state index contributed by atoms with van der Waals surface area (Å²) in [6, 6.07) is 4.69. The number of rotatable bonds is 2. The number of nitrogens with two attached hydrogens (primary N) is 1. The van der Waals surface area contributed by atoms with Crippen LogP contribution >= 0.6 is 11.6 Å². The van der Waals surface area contributed by atoms with Gasteiger partial charge in [0.25, 0.3) is 0 Å². The standard InChI is InChI=1S/C10H13ClFN/c1-10(2,13)6-7-3-4-9(12)8(11)5-7/h3-5H,6,13H2,1-2H3. The fraction of sp³-hybridized carbons (Fsp3) is 0.400. The van der Waals surface area contributed by atoms with Gasteiger partial charge in [-0.3, -0.25) is 0 Å². The van der Waals surface area contributed by atoms with Crippen molar-refractivity contribution >= 4 is 11.6 Å². The number of hydrogen-bond donors (Lipinski definition) is 1. The molecule has 0 atom stereocenters. The van der Waals surface area contributed by atoms with Gasteiger partial charge < -0.3 is 5.73 Å². The molecule has 1 aromatic rings. The van der Waals surface area contributed by atoms with Gasteiger partial charge >= 0.3 is 0 Å². The topological polar surface area (TPSA) is 26.0 Å². The average molecular weight is 202 g/mol. The molecule has 1 rings (SSSR count). The van der Waals surface area contributed by atoms with Crippen molar-refractivity contribution in [2.24, 2.45) is 5.73 Å². The molecule has 0 fully saturated rings. The van der Waals surface area contributed by atoms with Crippen LogP contribution in [0, 0.1) is 5.82 Å². The van der Waals surface area contributed by atoms with Crippen LogP contribution in [-0.2, 0) is 6.42 Å². The van der Waals surface area contributed by atoms with Gasteiger partial charge in [-0.2, -0.15) is 0 Å². The molecule has 3 heteroatoms. The number of halogens is 2. The normalized spacial score (nSPS) is 11.8. The minimum absolute atomic E-state index is 0.154. The average Bonchev–Trinajstić information content (AvgIpc) is 1.94. The van der Waals surface area contributed by atoms with Gasteiger partial charge in [-0.1, -0.05) is 17.7 Å². The first kappa shape index (κ1) is 10.5. The molecule has 0 bridgehead atoms. The molecular weight excluding hydrogens is 189 g/mol. The summed E-state index contributed by atoms with van der Waals surface area (Å²) in [6.45, 7) is 3.84. The lowest BCUT2D eigenvalue weighted by atomic mass is 9.96. The quantitative estimate of drug-likeness (QED) is 0.783. The fourth-order valence-electron chi connectivity index (χ4n) is 1.18. The van der Waals surface area contributed by atoms with Gasteiger partial charge in [-0.15, -0.1) is 0 Å². The van der Waals surface area contributed by atoms with Crippen LogP contribution in [0.1, 0.15) is 19.4 Å². The van der Waals surface area contributed by atoms with Crippen LogP contribution in [0.5, 0.6) is 0 Å². The highest BCUT2D eigenvalue weighted by atomic mass is 35.5.